The lowest BCUT2D eigenvalue weighted by molar-refractivity contribution is -0.115. The van der Waals surface area contributed by atoms with Crippen LogP contribution >= 0.6 is 11.3 Å². The van der Waals surface area contributed by atoms with E-state index in [4.69, 9.17) is 11.0 Å². The average Bonchev–Trinajstić information content (AvgIpc) is 2.51. The average molecular weight is 263 g/mol. The standard InChI is InChI=1S/C9H8F3N3OS/c1-4(16)7-6(14)5(2-13)8(17-7)15-3-9(10,11)12/h15H,3,14H2,1H3. The van der Waals surface area contributed by atoms with Crippen LogP contribution in [0.5, 0.6) is 0 Å². The van der Waals surface area contributed by atoms with E-state index in [9.17, 15) is 18.0 Å². The van der Waals surface area contributed by atoms with Crippen LogP contribution in [0.4, 0.5) is 23.9 Å². The van der Waals surface area contributed by atoms with Gasteiger partial charge in [-0.3, -0.25) is 4.79 Å². The van der Waals surface area contributed by atoms with Gasteiger partial charge in [-0.25, -0.2) is 0 Å². The van der Waals surface area contributed by atoms with E-state index < -0.39 is 12.7 Å². The van der Waals surface area contributed by atoms with E-state index in [1.807, 2.05) is 0 Å². The van der Waals surface area contributed by atoms with E-state index >= 15 is 0 Å². The molecule has 0 unspecified atom stereocenters. The van der Waals surface area contributed by atoms with Crippen LogP contribution in [-0.4, -0.2) is 18.5 Å². The Kier molecular flexibility index (Phi) is 3.63. The molecule has 0 aliphatic carbocycles. The molecule has 0 atom stereocenters. The van der Waals surface area contributed by atoms with E-state index in [2.05, 4.69) is 5.32 Å². The minimum absolute atomic E-state index is 0.0347. The molecule has 1 rings (SSSR count). The number of anilines is 2. The summed E-state index contributed by atoms with van der Waals surface area (Å²) in [6.45, 7) is -0.0458. The maximum atomic E-state index is 12.0. The zero-order valence-electron chi connectivity index (χ0n) is 8.68. The first-order valence-electron chi connectivity index (χ1n) is 4.40. The number of carbonyl (C=O) groups excluding carboxylic acids is 1. The van der Waals surface area contributed by atoms with E-state index in [0.717, 1.165) is 11.3 Å². The predicted molar refractivity (Wildman–Crippen MR) is 58.0 cm³/mol. The van der Waals surface area contributed by atoms with E-state index in [0.29, 0.717) is 0 Å². The summed E-state index contributed by atoms with van der Waals surface area (Å²) >= 11 is 0.751. The van der Waals surface area contributed by atoms with Crippen molar-refractivity contribution in [3.63, 3.8) is 0 Å². The number of halogens is 3. The molecule has 1 aromatic heterocycles. The molecule has 0 bridgehead atoms. The molecule has 0 fully saturated rings. The van der Waals surface area contributed by atoms with Gasteiger partial charge in [0, 0.05) is 6.92 Å². The Bertz CT molecular complexity index is 487. The number of nitrogens with zero attached hydrogens (tertiary/aromatic N) is 1. The van der Waals surface area contributed by atoms with E-state index in [-0.39, 0.29) is 26.9 Å². The van der Waals surface area contributed by atoms with Crippen molar-refractivity contribution in [1.29, 1.82) is 5.26 Å². The summed E-state index contributed by atoms with van der Waals surface area (Å²) in [7, 11) is 0. The smallest absolute Gasteiger partial charge is 0.396 e. The van der Waals surface area contributed by atoms with Crippen LogP contribution < -0.4 is 11.1 Å². The molecule has 0 aliphatic heterocycles. The van der Waals surface area contributed by atoms with Gasteiger partial charge in [0.05, 0.1) is 10.6 Å². The molecule has 3 N–H and O–H groups in total. The number of alkyl halides is 3. The first-order valence-corrected chi connectivity index (χ1v) is 5.22. The van der Waals surface area contributed by atoms with Gasteiger partial charge in [0.25, 0.3) is 0 Å². The molecular weight excluding hydrogens is 255 g/mol. The van der Waals surface area contributed by atoms with Crippen LogP contribution in [0.3, 0.4) is 0 Å². The molecule has 17 heavy (non-hydrogen) atoms. The van der Waals surface area contributed by atoms with Crippen molar-refractivity contribution in [2.45, 2.75) is 13.1 Å². The number of hydrogen-bond acceptors (Lipinski definition) is 5. The Morgan fingerprint density at radius 1 is 1.59 bits per heavy atom. The van der Waals surface area contributed by atoms with Crippen molar-refractivity contribution in [1.82, 2.24) is 0 Å². The third-order valence-electron chi connectivity index (χ3n) is 1.83. The van der Waals surface area contributed by atoms with Crippen molar-refractivity contribution < 1.29 is 18.0 Å². The number of thiophene rings is 1. The summed E-state index contributed by atoms with van der Waals surface area (Å²) in [4.78, 5) is 11.2. The summed E-state index contributed by atoms with van der Waals surface area (Å²) < 4.78 is 36.0. The van der Waals surface area contributed by atoms with E-state index in [1.165, 1.54) is 6.92 Å². The zero-order valence-corrected chi connectivity index (χ0v) is 9.50. The number of nitrogen functional groups attached to an aromatic ring is 1. The van der Waals surface area contributed by atoms with E-state index in [1.54, 1.807) is 6.07 Å². The fourth-order valence-corrected chi connectivity index (χ4v) is 2.08. The van der Waals surface area contributed by atoms with Crippen LogP contribution in [0.15, 0.2) is 0 Å². The summed E-state index contributed by atoms with van der Waals surface area (Å²) in [6.07, 6.45) is -4.40. The van der Waals surface area contributed by atoms with Crippen LogP contribution in [0.25, 0.3) is 0 Å². The van der Waals surface area contributed by atoms with Gasteiger partial charge < -0.3 is 11.1 Å². The van der Waals surface area contributed by atoms with Crippen LogP contribution in [0.2, 0.25) is 0 Å². The van der Waals surface area contributed by atoms with Crippen molar-refractivity contribution in [2.24, 2.45) is 0 Å². The molecule has 0 saturated carbocycles. The van der Waals surface area contributed by atoms with Gasteiger partial charge in [0.1, 0.15) is 23.2 Å². The second-order valence-electron chi connectivity index (χ2n) is 3.19. The minimum Gasteiger partial charge on any atom is -0.396 e. The molecule has 0 saturated heterocycles. The molecule has 0 spiro atoms. The monoisotopic (exact) mass is 263 g/mol. The molecule has 1 aromatic rings. The normalized spacial score (nSPS) is 11.0. The van der Waals surface area contributed by atoms with Gasteiger partial charge >= 0.3 is 6.18 Å². The Morgan fingerprint density at radius 3 is 2.59 bits per heavy atom. The van der Waals surface area contributed by atoms with Crippen LogP contribution in [-0.2, 0) is 0 Å². The molecule has 0 aliphatic rings. The lowest BCUT2D eigenvalue weighted by Gasteiger charge is -2.07. The van der Waals surface area contributed by atoms with Gasteiger partial charge in [-0.15, -0.1) is 11.3 Å². The molecule has 0 aromatic carbocycles. The lowest BCUT2D eigenvalue weighted by Crippen LogP contribution is -2.21. The van der Waals surface area contributed by atoms with Gasteiger partial charge in [-0.2, -0.15) is 18.4 Å². The first-order chi connectivity index (χ1) is 7.76. The predicted octanol–water partition coefficient (Wildman–Crippen LogP) is 2.38. The molecular formula is C9H8F3N3OS. The Balaban J connectivity index is 3.05. The highest BCUT2D eigenvalue weighted by atomic mass is 32.1. The summed E-state index contributed by atoms with van der Waals surface area (Å²) in [5, 5.41) is 10.8. The van der Waals surface area contributed by atoms with Crippen molar-refractivity contribution in [3.8, 4) is 6.07 Å². The SMILES string of the molecule is CC(=O)c1sc(NCC(F)(F)F)c(C#N)c1N. The minimum atomic E-state index is -4.40. The number of nitrogens with two attached hydrogens (primary N) is 1. The van der Waals surface area contributed by atoms with Crippen molar-refractivity contribution in [3.05, 3.63) is 10.4 Å². The molecule has 0 amide bonds. The second-order valence-corrected chi connectivity index (χ2v) is 4.21. The largest absolute Gasteiger partial charge is 0.405 e. The van der Waals surface area contributed by atoms with Crippen molar-refractivity contribution >= 4 is 27.8 Å². The molecule has 4 nitrogen and oxygen atoms in total. The second kappa shape index (κ2) is 4.63. The number of nitriles is 1. The van der Waals surface area contributed by atoms with Gasteiger partial charge in [-0.05, 0) is 0 Å². The van der Waals surface area contributed by atoms with Crippen LogP contribution in [0, 0.1) is 11.3 Å². The Morgan fingerprint density at radius 2 is 2.18 bits per heavy atom. The highest BCUT2D eigenvalue weighted by molar-refractivity contribution is 7.18. The summed E-state index contributed by atoms with van der Waals surface area (Å²) in [6, 6.07) is 1.68. The van der Waals surface area contributed by atoms with Gasteiger partial charge in [0.15, 0.2) is 5.78 Å². The van der Waals surface area contributed by atoms with Gasteiger partial charge in [-0.1, -0.05) is 0 Å². The fraction of sp³-hybridized carbons (Fsp3) is 0.333. The third kappa shape index (κ3) is 3.10. The molecule has 8 heteroatoms. The summed E-state index contributed by atoms with van der Waals surface area (Å²) in [5.41, 5.74) is 5.31. The summed E-state index contributed by atoms with van der Waals surface area (Å²) in [5.74, 6) is -0.385. The Hall–Kier alpha value is -1.75. The number of nitrogens with one attached hydrogen (secondary N) is 1. The maximum Gasteiger partial charge on any atom is 0.405 e. The third-order valence-corrected chi connectivity index (χ3v) is 3.09. The Labute approximate surface area is 98.8 Å². The molecule has 0 radical (unpaired) electrons. The number of Topliss-reactive ketones (excluding diaryl/α,β-unsaturated/α-hetero) is 1. The number of ketones is 1. The molecule has 92 valence electrons. The van der Waals surface area contributed by atoms with Gasteiger partial charge in [0.2, 0.25) is 0 Å². The highest BCUT2D eigenvalue weighted by Crippen LogP contribution is 2.35. The molecule has 1 heterocycles. The highest BCUT2D eigenvalue weighted by Gasteiger charge is 2.28. The number of hydrogen-bond donors (Lipinski definition) is 2. The topological polar surface area (TPSA) is 78.9 Å². The quantitative estimate of drug-likeness (QED) is 0.820. The maximum absolute atomic E-state index is 12.0. The number of carbonyl (C=O) groups is 1. The first kappa shape index (κ1) is 13.3. The zero-order chi connectivity index (χ0) is 13.2. The van der Waals surface area contributed by atoms with Crippen LogP contribution in [0.1, 0.15) is 22.2 Å². The fourth-order valence-electron chi connectivity index (χ4n) is 1.12. The number of rotatable bonds is 3. The van der Waals surface area contributed by atoms with Crippen molar-refractivity contribution in [2.75, 3.05) is 17.6 Å². The lowest BCUT2D eigenvalue weighted by atomic mass is 10.2.